The van der Waals surface area contributed by atoms with Gasteiger partial charge in [-0.05, 0) is 13.0 Å². The van der Waals surface area contributed by atoms with Gasteiger partial charge < -0.3 is 10.2 Å². The number of nitrogens with two attached hydrogens (primary N) is 1. The van der Waals surface area contributed by atoms with Crippen molar-refractivity contribution in [1.82, 2.24) is 4.98 Å². The molecular formula is C8H8N2O. The van der Waals surface area contributed by atoms with E-state index in [1.165, 1.54) is 0 Å². The second kappa shape index (κ2) is 1.99. The average Bonchev–Trinajstić information content (AvgIpc) is 2.35. The number of rotatable bonds is 0. The van der Waals surface area contributed by atoms with E-state index in [2.05, 4.69) is 4.98 Å². The van der Waals surface area contributed by atoms with Crippen LogP contribution in [0.3, 0.4) is 0 Å². The third-order valence-corrected chi connectivity index (χ3v) is 1.66. The molecule has 0 saturated carbocycles. The zero-order valence-electron chi connectivity index (χ0n) is 6.16. The smallest absolute Gasteiger partial charge is 0.175 e. The molecule has 0 bridgehead atoms. The Bertz CT molecular complexity index is 392. The fraction of sp³-hybridized carbons (Fsp3) is 0.125. The molecule has 2 heterocycles. The lowest BCUT2D eigenvalue weighted by Crippen LogP contribution is -1.85. The number of nitrogen functional groups attached to an aromatic ring is 1. The second-order valence-corrected chi connectivity index (χ2v) is 2.50. The van der Waals surface area contributed by atoms with E-state index in [-0.39, 0.29) is 0 Å². The minimum atomic E-state index is 0.642. The minimum absolute atomic E-state index is 0.642. The van der Waals surface area contributed by atoms with Gasteiger partial charge in [-0.1, -0.05) is 0 Å². The Kier molecular flexibility index (Phi) is 1.12. The van der Waals surface area contributed by atoms with Crippen molar-refractivity contribution in [3.8, 4) is 0 Å². The van der Waals surface area contributed by atoms with Crippen molar-refractivity contribution >= 4 is 16.8 Å². The van der Waals surface area contributed by atoms with Crippen LogP contribution in [0, 0.1) is 6.92 Å². The summed E-state index contributed by atoms with van der Waals surface area (Å²) in [4.78, 5) is 4.13. The molecule has 56 valence electrons. The number of fused-ring (bicyclic) bond motifs is 1. The number of hydrogen-bond donors (Lipinski definition) is 1. The van der Waals surface area contributed by atoms with Crippen molar-refractivity contribution < 1.29 is 4.42 Å². The molecule has 2 aromatic rings. The van der Waals surface area contributed by atoms with Gasteiger partial charge in [0.2, 0.25) is 0 Å². The van der Waals surface area contributed by atoms with Crippen LogP contribution in [0.2, 0.25) is 0 Å². The zero-order valence-corrected chi connectivity index (χ0v) is 6.16. The summed E-state index contributed by atoms with van der Waals surface area (Å²) in [5.74, 6) is 0. The van der Waals surface area contributed by atoms with E-state index < -0.39 is 0 Å². The lowest BCUT2D eigenvalue weighted by atomic mass is 10.3. The van der Waals surface area contributed by atoms with Gasteiger partial charge in [-0.15, -0.1) is 0 Å². The molecule has 0 aliphatic carbocycles. The molecule has 0 aromatic carbocycles. The summed E-state index contributed by atoms with van der Waals surface area (Å²) in [6.45, 7) is 1.94. The third kappa shape index (κ3) is 0.774. The monoisotopic (exact) mass is 148 g/mol. The molecule has 0 aliphatic rings. The van der Waals surface area contributed by atoms with E-state index >= 15 is 0 Å². The topological polar surface area (TPSA) is 52.0 Å². The van der Waals surface area contributed by atoms with Crippen molar-refractivity contribution in [3.05, 3.63) is 24.1 Å². The summed E-state index contributed by atoms with van der Waals surface area (Å²) in [7, 11) is 0. The first-order valence-corrected chi connectivity index (χ1v) is 3.37. The van der Waals surface area contributed by atoms with Gasteiger partial charge in [-0.3, -0.25) is 4.98 Å². The van der Waals surface area contributed by atoms with Crippen LogP contribution in [0.25, 0.3) is 11.1 Å². The summed E-state index contributed by atoms with van der Waals surface area (Å²) in [5, 5.41) is 0. The Balaban J connectivity index is 2.94. The van der Waals surface area contributed by atoms with Crippen LogP contribution >= 0.6 is 0 Å². The summed E-state index contributed by atoms with van der Waals surface area (Å²) in [6.07, 6.45) is 3.34. The van der Waals surface area contributed by atoms with Crippen LogP contribution in [0.4, 0.5) is 5.69 Å². The van der Waals surface area contributed by atoms with E-state index in [1.54, 1.807) is 18.5 Å². The van der Waals surface area contributed by atoms with E-state index in [0.717, 1.165) is 11.1 Å². The molecule has 0 amide bonds. The fourth-order valence-corrected chi connectivity index (χ4v) is 1.07. The standard InChI is InChI=1S/C8H8N2O/c1-5-4-11-8-6(9)2-3-10-7(5)8/h2-4H,1H3,(H2,9,10). The van der Waals surface area contributed by atoms with Crippen molar-refractivity contribution in [2.45, 2.75) is 6.92 Å². The van der Waals surface area contributed by atoms with Gasteiger partial charge in [0.15, 0.2) is 5.58 Å². The van der Waals surface area contributed by atoms with Gasteiger partial charge in [0.05, 0.1) is 12.0 Å². The summed E-state index contributed by atoms with van der Waals surface area (Å²) in [5.41, 5.74) is 8.84. The number of furan rings is 1. The molecule has 0 fully saturated rings. The molecule has 0 aliphatic heterocycles. The number of pyridine rings is 1. The molecule has 0 spiro atoms. The van der Waals surface area contributed by atoms with Crippen molar-refractivity contribution in [1.29, 1.82) is 0 Å². The maximum Gasteiger partial charge on any atom is 0.175 e. The van der Waals surface area contributed by atoms with Crippen LogP contribution in [0.1, 0.15) is 5.56 Å². The fourth-order valence-electron chi connectivity index (χ4n) is 1.07. The maximum absolute atomic E-state index is 5.64. The number of nitrogens with zero attached hydrogens (tertiary/aromatic N) is 1. The molecule has 2 rings (SSSR count). The van der Waals surface area contributed by atoms with Gasteiger partial charge in [0.25, 0.3) is 0 Å². The van der Waals surface area contributed by atoms with Crippen LogP contribution < -0.4 is 5.73 Å². The van der Waals surface area contributed by atoms with Crippen molar-refractivity contribution in [2.24, 2.45) is 0 Å². The second-order valence-electron chi connectivity index (χ2n) is 2.50. The van der Waals surface area contributed by atoms with E-state index in [4.69, 9.17) is 10.2 Å². The first kappa shape index (κ1) is 6.22. The molecular weight excluding hydrogens is 140 g/mol. The highest BCUT2D eigenvalue weighted by Crippen LogP contribution is 2.22. The van der Waals surface area contributed by atoms with Crippen LogP contribution in [-0.2, 0) is 0 Å². The van der Waals surface area contributed by atoms with Gasteiger partial charge in [0.1, 0.15) is 5.52 Å². The molecule has 0 atom stereocenters. The highest BCUT2D eigenvalue weighted by atomic mass is 16.3. The average molecular weight is 148 g/mol. The SMILES string of the molecule is Cc1coc2c(N)ccnc12. The highest BCUT2D eigenvalue weighted by molar-refractivity contribution is 5.86. The molecule has 2 aromatic heterocycles. The van der Waals surface area contributed by atoms with Crippen molar-refractivity contribution in [3.63, 3.8) is 0 Å². The summed E-state index contributed by atoms with van der Waals surface area (Å²) in [6, 6.07) is 1.73. The zero-order chi connectivity index (χ0) is 7.84. The minimum Gasteiger partial charge on any atom is -0.460 e. The Morgan fingerprint density at radius 3 is 3.09 bits per heavy atom. The predicted octanol–water partition coefficient (Wildman–Crippen LogP) is 1.72. The molecule has 2 N–H and O–H groups in total. The lowest BCUT2D eigenvalue weighted by molar-refractivity contribution is 0.614. The summed E-state index contributed by atoms with van der Waals surface area (Å²) < 4.78 is 5.19. The number of aromatic nitrogens is 1. The predicted molar refractivity (Wildman–Crippen MR) is 43.2 cm³/mol. The van der Waals surface area contributed by atoms with Crippen LogP contribution in [0.5, 0.6) is 0 Å². The molecule has 3 heteroatoms. The van der Waals surface area contributed by atoms with Crippen LogP contribution in [-0.4, -0.2) is 4.98 Å². The third-order valence-electron chi connectivity index (χ3n) is 1.66. The number of hydrogen-bond acceptors (Lipinski definition) is 3. The number of aryl methyl sites for hydroxylation is 1. The molecule has 0 unspecified atom stereocenters. The largest absolute Gasteiger partial charge is 0.460 e. The maximum atomic E-state index is 5.64. The quantitative estimate of drug-likeness (QED) is 0.618. The normalized spacial score (nSPS) is 10.6. The number of anilines is 1. The summed E-state index contributed by atoms with van der Waals surface area (Å²) >= 11 is 0. The van der Waals surface area contributed by atoms with E-state index in [0.29, 0.717) is 11.3 Å². The molecule has 0 saturated heterocycles. The van der Waals surface area contributed by atoms with E-state index in [1.807, 2.05) is 6.92 Å². The Morgan fingerprint density at radius 1 is 1.55 bits per heavy atom. The lowest BCUT2D eigenvalue weighted by Gasteiger charge is -1.91. The Morgan fingerprint density at radius 2 is 2.36 bits per heavy atom. The molecule has 0 radical (unpaired) electrons. The van der Waals surface area contributed by atoms with Gasteiger partial charge >= 0.3 is 0 Å². The molecule has 11 heavy (non-hydrogen) atoms. The van der Waals surface area contributed by atoms with Crippen LogP contribution in [0.15, 0.2) is 22.9 Å². The Hall–Kier alpha value is -1.51. The van der Waals surface area contributed by atoms with E-state index in [9.17, 15) is 0 Å². The Labute approximate surface area is 63.8 Å². The van der Waals surface area contributed by atoms with Gasteiger partial charge in [0, 0.05) is 11.8 Å². The van der Waals surface area contributed by atoms with Gasteiger partial charge in [-0.2, -0.15) is 0 Å². The highest BCUT2D eigenvalue weighted by Gasteiger charge is 2.04. The first-order valence-electron chi connectivity index (χ1n) is 3.37. The first-order chi connectivity index (χ1) is 5.29. The van der Waals surface area contributed by atoms with Crippen molar-refractivity contribution in [2.75, 3.05) is 5.73 Å². The van der Waals surface area contributed by atoms with Gasteiger partial charge in [-0.25, -0.2) is 0 Å². The molecule has 3 nitrogen and oxygen atoms in total.